The lowest BCUT2D eigenvalue weighted by Gasteiger charge is -2.18. The molecule has 2 unspecified atom stereocenters. The van der Waals surface area contributed by atoms with E-state index in [4.69, 9.17) is 0 Å². The molecule has 0 aliphatic heterocycles. The first-order chi connectivity index (χ1) is 7.06. The lowest BCUT2D eigenvalue weighted by atomic mass is 10.0. The van der Waals surface area contributed by atoms with Crippen molar-refractivity contribution in [3.63, 3.8) is 0 Å². The zero-order chi connectivity index (χ0) is 11.4. The number of halogens is 1. The Bertz CT molecular complexity index is 377. The smallest absolute Gasteiger partial charge is 0.248 e. The number of aromatic amines is 1. The number of pyridine rings is 1. The van der Waals surface area contributed by atoms with Crippen molar-refractivity contribution in [1.82, 2.24) is 4.98 Å². The second kappa shape index (κ2) is 5.44. The average molecular weight is 276 g/mol. The first-order valence-corrected chi connectivity index (χ1v) is 5.79. The number of aliphatic hydroxyl groups excluding tert-OH is 2. The molecule has 1 rings (SSSR count). The largest absolute Gasteiger partial charge is 0.390 e. The van der Waals surface area contributed by atoms with Gasteiger partial charge in [-0.1, -0.05) is 15.9 Å². The molecular weight excluding hydrogens is 262 g/mol. The number of aromatic nitrogens is 1. The quantitative estimate of drug-likeness (QED) is 0.714. The van der Waals surface area contributed by atoms with E-state index in [1.807, 2.05) is 0 Å². The van der Waals surface area contributed by atoms with Crippen molar-refractivity contribution in [2.75, 3.05) is 5.33 Å². The molecule has 0 aliphatic rings. The van der Waals surface area contributed by atoms with E-state index in [0.29, 0.717) is 22.9 Å². The molecule has 0 aromatic carbocycles. The molecule has 0 radical (unpaired) electrons. The van der Waals surface area contributed by atoms with E-state index in [1.165, 1.54) is 12.3 Å². The minimum atomic E-state index is -0.959. The third kappa shape index (κ3) is 3.15. The zero-order valence-electron chi connectivity index (χ0n) is 8.40. The molecule has 0 aliphatic carbocycles. The summed E-state index contributed by atoms with van der Waals surface area (Å²) in [4.78, 5) is 13.4. The second-order valence-corrected chi connectivity index (χ2v) is 4.22. The summed E-state index contributed by atoms with van der Waals surface area (Å²) in [5.74, 6) is 0. The summed E-state index contributed by atoms with van der Waals surface area (Å²) in [5, 5.41) is 20.0. The van der Waals surface area contributed by atoms with Crippen LogP contribution in [0.5, 0.6) is 0 Å². The second-order valence-electron chi connectivity index (χ2n) is 3.43. The fourth-order valence-electron chi connectivity index (χ4n) is 1.38. The number of aryl methyl sites for hydroxylation is 1. The Balaban J connectivity index is 2.90. The van der Waals surface area contributed by atoms with Gasteiger partial charge in [0.05, 0.1) is 6.10 Å². The van der Waals surface area contributed by atoms with Gasteiger partial charge in [-0.15, -0.1) is 0 Å². The molecule has 3 N–H and O–H groups in total. The minimum absolute atomic E-state index is 0.210. The van der Waals surface area contributed by atoms with E-state index in [0.717, 1.165) is 0 Å². The molecule has 0 amide bonds. The first kappa shape index (κ1) is 12.4. The Morgan fingerprint density at radius 1 is 1.53 bits per heavy atom. The van der Waals surface area contributed by atoms with Gasteiger partial charge < -0.3 is 15.2 Å². The molecule has 15 heavy (non-hydrogen) atoms. The molecule has 4 nitrogen and oxygen atoms in total. The lowest BCUT2D eigenvalue weighted by Crippen LogP contribution is -2.21. The number of aliphatic hydroxyl groups is 2. The number of nitrogens with one attached hydrogen (secondary N) is 1. The van der Waals surface area contributed by atoms with Gasteiger partial charge in [-0.3, -0.25) is 4.79 Å². The van der Waals surface area contributed by atoms with Gasteiger partial charge in [0.25, 0.3) is 0 Å². The van der Waals surface area contributed by atoms with Crippen LogP contribution in [0, 0.1) is 6.92 Å². The molecule has 1 aromatic heterocycles. The van der Waals surface area contributed by atoms with E-state index in [1.54, 1.807) is 6.92 Å². The summed E-state index contributed by atoms with van der Waals surface area (Å²) in [6.45, 7) is 1.73. The highest BCUT2D eigenvalue weighted by atomic mass is 79.9. The third-order valence-electron chi connectivity index (χ3n) is 2.26. The van der Waals surface area contributed by atoms with Crippen LogP contribution < -0.4 is 5.56 Å². The molecule has 84 valence electrons. The summed E-state index contributed by atoms with van der Waals surface area (Å²) in [6, 6.07) is 1.40. The van der Waals surface area contributed by atoms with Gasteiger partial charge in [0.1, 0.15) is 6.10 Å². The van der Waals surface area contributed by atoms with Crippen LogP contribution in [0.3, 0.4) is 0 Å². The fourth-order valence-corrected chi connectivity index (χ4v) is 1.85. The molecule has 0 saturated carbocycles. The van der Waals surface area contributed by atoms with Crippen LogP contribution in [-0.4, -0.2) is 26.6 Å². The molecule has 0 spiro atoms. The van der Waals surface area contributed by atoms with Crippen LogP contribution in [-0.2, 0) is 0 Å². The molecular formula is C10H14BrNO3. The lowest BCUT2D eigenvalue weighted by molar-refractivity contribution is 0.0168. The van der Waals surface area contributed by atoms with E-state index < -0.39 is 12.2 Å². The summed E-state index contributed by atoms with van der Waals surface area (Å²) in [7, 11) is 0. The maximum atomic E-state index is 11.0. The van der Waals surface area contributed by atoms with Crippen molar-refractivity contribution in [3.8, 4) is 0 Å². The number of rotatable bonds is 4. The van der Waals surface area contributed by atoms with Crippen molar-refractivity contribution in [1.29, 1.82) is 0 Å². The molecule has 1 heterocycles. The summed E-state index contributed by atoms with van der Waals surface area (Å²) in [6.07, 6.45) is 0.118. The predicted octanol–water partition coefficient (Wildman–Crippen LogP) is 0.863. The standard InChI is InChI=1S/C10H14BrNO3/c1-6-4-9(14)12-5-7(6)10(15)8(13)2-3-11/h4-5,8,10,13,15H,2-3H2,1H3,(H,12,14). The maximum Gasteiger partial charge on any atom is 0.248 e. The van der Waals surface area contributed by atoms with Crippen LogP contribution in [0.2, 0.25) is 0 Å². The normalized spacial score (nSPS) is 14.9. The Hall–Kier alpha value is -0.650. The van der Waals surface area contributed by atoms with Gasteiger partial charge in [-0.25, -0.2) is 0 Å². The molecule has 1 aromatic rings. The Morgan fingerprint density at radius 3 is 2.73 bits per heavy atom. The summed E-state index contributed by atoms with van der Waals surface area (Å²) >= 11 is 3.19. The van der Waals surface area contributed by atoms with Gasteiger partial charge in [-0.05, 0) is 18.9 Å². The molecule has 0 saturated heterocycles. The van der Waals surface area contributed by atoms with E-state index >= 15 is 0 Å². The van der Waals surface area contributed by atoms with Crippen molar-refractivity contribution >= 4 is 15.9 Å². The Morgan fingerprint density at radius 2 is 2.20 bits per heavy atom. The predicted molar refractivity (Wildman–Crippen MR) is 61.2 cm³/mol. The molecule has 2 atom stereocenters. The van der Waals surface area contributed by atoms with Crippen LogP contribution in [0.4, 0.5) is 0 Å². The van der Waals surface area contributed by atoms with Gasteiger partial charge in [-0.2, -0.15) is 0 Å². The van der Waals surface area contributed by atoms with E-state index in [9.17, 15) is 15.0 Å². The number of hydrogen-bond donors (Lipinski definition) is 3. The maximum absolute atomic E-state index is 11.0. The number of H-pyrrole nitrogens is 1. The summed E-state index contributed by atoms with van der Waals surface area (Å²) < 4.78 is 0. The monoisotopic (exact) mass is 275 g/mol. The van der Waals surface area contributed by atoms with Crippen LogP contribution in [0.15, 0.2) is 17.1 Å². The fraction of sp³-hybridized carbons (Fsp3) is 0.500. The Kier molecular flexibility index (Phi) is 4.50. The molecule has 0 fully saturated rings. The number of hydrogen-bond acceptors (Lipinski definition) is 3. The third-order valence-corrected chi connectivity index (χ3v) is 2.72. The van der Waals surface area contributed by atoms with Gasteiger partial charge >= 0.3 is 0 Å². The molecule has 0 bridgehead atoms. The molecule has 5 heteroatoms. The van der Waals surface area contributed by atoms with E-state index in [2.05, 4.69) is 20.9 Å². The minimum Gasteiger partial charge on any atom is -0.390 e. The highest BCUT2D eigenvalue weighted by Crippen LogP contribution is 2.20. The first-order valence-electron chi connectivity index (χ1n) is 4.67. The summed E-state index contributed by atoms with van der Waals surface area (Å²) in [5.41, 5.74) is 1.03. The van der Waals surface area contributed by atoms with Gasteiger partial charge in [0, 0.05) is 23.2 Å². The van der Waals surface area contributed by atoms with Gasteiger partial charge in [0.2, 0.25) is 5.56 Å². The van der Waals surface area contributed by atoms with Crippen LogP contribution in [0.1, 0.15) is 23.7 Å². The van der Waals surface area contributed by atoms with E-state index in [-0.39, 0.29) is 5.56 Å². The van der Waals surface area contributed by atoms with Crippen molar-refractivity contribution in [2.45, 2.75) is 25.6 Å². The van der Waals surface area contributed by atoms with Gasteiger partial charge in [0.15, 0.2) is 0 Å². The highest BCUT2D eigenvalue weighted by Gasteiger charge is 2.19. The zero-order valence-corrected chi connectivity index (χ0v) is 9.99. The average Bonchev–Trinajstić information content (AvgIpc) is 2.17. The van der Waals surface area contributed by atoms with Crippen molar-refractivity contribution < 1.29 is 10.2 Å². The Labute approximate surface area is 96.1 Å². The van der Waals surface area contributed by atoms with Crippen molar-refractivity contribution in [3.05, 3.63) is 33.7 Å². The topological polar surface area (TPSA) is 73.3 Å². The van der Waals surface area contributed by atoms with Crippen molar-refractivity contribution in [2.24, 2.45) is 0 Å². The van der Waals surface area contributed by atoms with Crippen LogP contribution in [0.25, 0.3) is 0 Å². The SMILES string of the molecule is Cc1cc(=O)[nH]cc1C(O)C(O)CCBr. The number of alkyl halides is 1. The van der Waals surface area contributed by atoms with Crippen LogP contribution >= 0.6 is 15.9 Å². The highest BCUT2D eigenvalue weighted by molar-refractivity contribution is 9.09.